The van der Waals surface area contributed by atoms with Crippen LogP contribution in [0, 0.1) is 5.82 Å². The molecule has 0 heterocycles. The van der Waals surface area contributed by atoms with E-state index in [0.717, 1.165) is 5.69 Å². The average Bonchev–Trinajstić information content (AvgIpc) is 2.07. The molecule has 0 spiro atoms. The van der Waals surface area contributed by atoms with Crippen LogP contribution in [0.4, 0.5) is 10.1 Å². The van der Waals surface area contributed by atoms with Crippen LogP contribution in [0.1, 0.15) is 27.7 Å². The molecule has 0 aromatic heterocycles. The van der Waals surface area contributed by atoms with E-state index in [1.54, 1.807) is 0 Å². The Hall–Kier alpha value is -1.05. The molecule has 0 radical (unpaired) electrons. The Morgan fingerprint density at radius 2 is 1.36 bits per heavy atom. The van der Waals surface area contributed by atoms with Gasteiger partial charge in [-0.05, 0) is 52.0 Å². The molecule has 2 heteroatoms. The predicted octanol–water partition coefficient (Wildman–Crippen LogP) is 3.45. The number of halogens is 1. The third kappa shape index (κ3) is 2.47. The molecule has 0 bridgehead atoms. The molecule has 1 nitrogen and oxygen atoms in total. The van der Waals surface area contributed by atoms with E-state index < -0.39 is 0 Å². The molecule has 14 heavy (non-hydrogen) atoms. The lowest BCUT2D eigenvalue weighted by atomic mass is 10.2. The van der Waals surface area contributed by atoms with Crippen molar-refractivity contribution in [2.75, 3.05) is 4.90 Å². The van der Waals surface area contributed by atoms with Crippen LogP contribution in [0.5, 0.6) is 0 Å². The molecule has 0 N–H and O–H groups in total. The van der Waals surface area contributed by atoms with Crippen molar-refractivity contribution in [3.05, 3.63) is 30.1 Å². The second-order valence-corrected chi connectivity index (χ2v) is 4.07. The zero-order chi connectivity index (χ0) is 10.7. The SMILES string of the molecule is CC(C)N(c1ccc(F)cc1)C(C)C. The molecule has 0 aliphatic rings. The molecule has 0 aliphatic carbocycles. The maximum atomic E-state index is 12.7. The molecule has 0 saturated carbocycles. The normalized spacial score (nSPS) is 11.1. The number of hydrogen-bond donors (Lipinski definition) is 0. The topological polar surface area (TPSA) is 3.24 Å². The fourth-order valence-electron chi connectivity index (χ4n) is 1.81. The predicted molar refractivity (Wildman–Crippen MR) is 59.2 cm³/mol. The minimum absolute atomic E-state index is 0.179. The molecule has 78 valence electrons. The van der Waals surface area contributed by atoms with Gasteiger partial charge in [-0.2, -0.15) is 0 Å². The van der Waals surface area contributed by atoms with Gasteiger partial charge in [0, 0.05) is 17.8 Å². The number of rotatable bonds is 3. The minimum atomic E-state index is -0.179. The first-order chi connectivity index (χ1) is 6.52. The Kier molecular flexibility index (Phi) is 3.50. The first-order valence-corrected chi connectivity index (χ1v) is 5.06. The van der Waals surface area contributed by atoms with E-state index in [2.05, 4.69) is 32.6 Å². The van der Waals surface area contributed by atoms with E-state index in [-0.39, 0.29) is 5.82 Å². The van der Waals surface area contributed by atoms with Gasteiger partial charge in [0.2, 0.25) is 0 Å². The second kappa shape index (κ2) is 4.45. The van der Waals surface area contributed by atoms with Crippen LogP contribution >= 0.6 is 0 Å². The summed E-state index contributed by atoms with van der Waals surface area (Å²) in [6.45, 7) is 8.57. The Labute approximate surface area is 85.5 Å². The number of hydrogen-bond acceptors (Lipinski definition) is 1. The van der Waals surface area contributed by atoms with Crippen molar-refractivity contribution < 1.29 is 4.39 Å². The quantitative estimate of drug-likeness (QED) is 0.714. The van der Waals surface area contributed by atoms with Gasteiger partial charge >= 0.3 is 0 Å². The zero-order valence-electron chi connectivity index (χ0n) is 9.29. The van der Waals surface area contributed by atoms with Crippen molar-refractivity contribution in [1.82, 2.24) is 0 Å². The first kappa shape index (κ1) is 11.0. The van der Waals surface area contributed by atoms with Gasteiger partial charge in [0.15, 0.2) is 0 Å². The van der Waals surface area contributed by atoms with Crippen molar-refractivity contribution in [3.8, 4) is 0 Å². The summed E-state index contributed by atoms with van der Waals surface area (Å²) in [7, 11) is 0. The Bertz CT molecular complexity index is 269. The van der Waals surface area contributed by atoms with Gasteiger partial charge in [0.05, 0.1) is 0 Å². The van der Waals surface area contributed by atoms with Crippen LogP contribution < -0.4 is 4.90 Å². The summed E-state index contributed by atoms with van der Waals surface area (Å²) in [4.78, 5) is 2.26. The number of nitrogens with zero attached hydrogens (tertiary/aromatic N) is 1. The van der Waals surface area contributed by atoms with Crippen LogP contribution in [0.3, 0.4) is 0 Å². The highest BCUT2D eigenvalue weighted by Gasteiger charge is 2.13. The summed E-state index contributed by atoms with van der Waals surface area (Å²) in [5.41, 5.74) is 1.08. The van der Waals surface area contributed by atoms with Gasteiger partial charge in [0.25, 0.3) is 0 Å². The lowest BCUT2D eigenvalue weighted by Gasteiger charge is -2.33. The summed E-state index contributed by atoms with van der Waals surface area (Å²) < 4.78 is 12.7. The van der Waals surface area contributed by atoms with Crippen LogP contribution in [0.25, 0.3) is 0 Å². The lowest BCUT2D eigenvalue weighted by Crippen LogP contribution is -2.36. The van der Waals surface area contributed by atoms with Crippen LogP contribution in [-0.4, -0.2) is 12.1 Å². The average molecular weight is 195 g/mol. The fraction of sp³-hybridized carbons (Fsp3) is 0.500. The third-order valence-corrected chi connectivity index (χ3v) is 2.24. The highest BCUT2D eigenvalue weighted by molar-refractivity contribution is 5.47. The maximum absolute atomic E-state index is 12.7. The second-order valence-electron chi connectivity index (χ2n) is 4.07. The van der Waals surface area contributed by atoms with Gasteiger partial charge in [-0.15, -0.1) is 0 Å². The largest absolute Gasteiger partial charge is 0.367 e. The molecule has 1 aromatic carbocycles. The van der Waals surface area contributed by atoms with E-state index in [1.807, 2.05) is 12.1 Å². The lowest BCUT2D eigenvalue weighted by molar-refractivity contribution is 0.603. The summed E-state index contributed by atoms with van der Waals surface area (Å²) in [5, 5.41) is 0. The van der Waals surface area contributed by atoms with E-state index in [1.165, 1.54) is 12.1 Å². The Balaban J connectivity index is 2.94. The minimum Gasteiger partial charge on any atom is -0.367 e. The van der Waals surface area contributed by atoms with Crippen molar-refractivity contribution in [1.29, 1.82) is 0 Å². The van der Waals surface area contributed by atoms with Gasteiger partial charge in [-0.1, -0.05) is 0 Å². The molecule has 0 saturated heterocycles. The molecular weight excluding hydrogens is 177 g/mol. The monoisotopic (exact) mass is 195 g/mol. The fourth-order valence-corrected chi connectivity index (χ4v) is 1.81. The van der Waals surface area contributed by atoms with E-state index in [0.29, 0.717) is 12.1 Å². The summed E-state index contributed by atoms with van der Waals surface area (Å²) in [6, 6.07) is 7.53. The van der Waals surface area contributed by atoms with Gasteiger partial charge in [0.1, 0.15) is 5.82 Å². The summed E-state index contributed by atoms with van der Waals surface area (Å²) in [6.07, 6.45) is 0. The molecule has 0 atom stereocenters. The molecule has 1 aromatic rings. The molecular formula is C12H18FN. The maximum Gasteiger partial charge on any atom is 0.123 e. The van der Waals surface area contributed by atoms with E-state index in [4.69, 9.17) is 0 Å². The molecule has 0 aliphatic heterocycles. The van der Waals surface area contributed by atoms with Gasteiger partial charge in [-0.3, -0.25) is 0 Å². The van der Waals surface area contributed by atoms with Crippen LogP contribution in [-0.2, 0) is 0 Å². The smallest absolute Gasteiger partial charge is 0.123 e. The Morgan fingerprint density at radius 3 is 1.71 bits per heavy atom. The van der Waals surface area contributed by atoms with E-state index >= 15 is 0 Å². The van der Waals surface area contributed by atoms with Crippen LogP contribution in [0.15, 0.2) is 24.3 Å². The zero-order valence-corrected chi connectivity index (χ0v) is 9.29. The molecule has 0 fully saturated rings. The molecule has 0 amide bonds. The Morgan fingerprint density at radius 1 is 0.929 bits per heavy atom. The van der Waals surface area contributed by atoms with Crippen molar-refractivity contribution in [2.24, 2.45) is 0 Å². The highest BCUT2D eigenvalue weighted by atomic mass is 19.1. The third-order valence-electron chi connectivity index (χ3n) is 2.24. The van der Waals surface area contributed by atoms with Gasteiger partial charge < -0.3 is 4.90 Å². The number of anilines is 1. The van der Waals surface area contributed by atoms with Crippen molar-refractivity contribution in [2.45, 2.75) is 39.8 Å². The highest BCUT2D eigenvalue weighted by Crippen LogP contribution is 2.20. The first-order valence-electron chi connectivity index (χ1n) is 5.06. The van der Waals surface area contributed by atoms with Crippen LogP contribution in [0.2, 0.25) is 0 Å². The van der Waals surface area contributed by atoms with Gasteiger partial charge in [-0.25, -0.2) is 4.39 Å². The van der Waals surface area contributed by atoms with Crippen molar-refractivity contribution >= 4 is 5.69 Å². The number of benzene rings is 1. The molecule has 1 rings (SSSR count). The summed E-state index contributed by atoms with van der Waals surface area (Å²) >= 11 is 0. The molecule has 0 unspecified atom stereocenters. The van der Waals surface area contributed by atoms with Crippen molar-refractivity contribution in [3.63, 3.8) is 0 Å². The standard InChI is InChI=1S/C12H18FN/c1-9(2)14(10(3)4)12-7-5-11(13)6-8-12/h5-10H,1-4H3. The van der Waals surface area contributed by atoms with E-state index in [9.17, 15) is 4.39 Å². The summed E-state index contributed by atoms with van der Waals surface area (Å²) in [5.74, 6) is -0.179.